The number of allylic oxidation sites excluding steroid dienone is 1. The van der Waals surface area contributed by atoms with Crippen molar-refractivity contribution in [2.24, 2.45) is 15.7 Å². The quantitative estimate of drug-likeness (QED) is 0.439. The number of hydrogen-bond donors (Lipinski definition) is 1. The summed E-state index contributed by atoms with van der Waals surface area (Å²) in [5.74, 6) is 2.38. The van der Waals surface area contributed by atoms with Crippen LogP contribution in [0.15, 0.2) is 21.9 Å². The predicted molar refractivity (Wildman–Crippen MR) is 152 cm³/mol. The average Bonchev–Trinajstić information content (AvgIpc) is 2.90. The van der Waals surface area contributed by atoms with Crippen LogP contribution in [-0.4, -0.2) is 138 Å². The lowest BCUT2D eigenvalue weighted by Gasteiger charge is -2.40. The SMILES string of the molecule is C\C=C(/N=C(\N=C(/N)N1CCN(C(C)C)CC1)N1CCN(C(C)CC)CC1)N1CCN(C(C)C)CC1. The average molecular weight is 504 g/mol. The third-order valence-corrected chi connectivity index (χ3v) is 8.24. The standard InChI is InChI=1S/C27H53N9/c1-8-24(7)33-14-20-36(21-15-33)27(30-26(28)35-18-12-32(13-19-35)23(5)6)29-25(9-2)34-16-10-31(11-17-34)22(3)4/h9,22-24H,8,10-21H2,1-7H3,(H2,28,29,30)/b25-9+. The molecule has 3 rings (SSSR count). The molecule has 0 radical (unpaired) electrons. The fraction of sp³-hybridized carbons (Fsp3) is 0.852. The Morgan fingerprint density at radius 3 is 1.56 bits per heavy atom. The van der Waals surface area contributed by atoms with Crippen molar-refractivity contribution >= 4 is 11.9 Å². The summed E-state index contributed by atoms with van der Waals surface area (Å²) < 4.78 is 0. The maximum Gasteiger partial charge on any atom is 0.230 e. The van der Waals surface area contributed by atoms with Gasteiger partial charge in [0.25, 0.3) is 0 Å². The normalized spacial score (nSPS) is 23.8. The Morgan fingerprint density at radius 2 is 1.11 bits per heavy atom. The highest BCUT2D eigenvalue weighted by Gasteiger charge is 2.26. The van der Waals surface area contributed by atoms with E-state index in [0.29, 0.717) is 24.1 Å². The fourth-order valence-corrected chi connectivity index (χ4v) is 5.32. The first kappa shape index (κ1) is 28.7. The highest BCUT2D eigenvalue weighted by atomic mass is 15.4. The number of aliphatic imine (C=N–C) groups is 2. The van der Waals surface area contributed by atoms with E-state index in [1.807, 2.05) is 0 Å². The molecule has 2 N–H and O–H groups in total. The minimum atomic E-state index is 0.567. The number of piperazine rings is 3. The van der Waals surface area contributed by atoms with Crippen molar-refractivity contribution in [2.75, 3.05) is 78.5 Å². The second kappa shape index (κ2) is 13.6. The molecule has 0 aliphatic carbocycles. The van der Waals surface area contributed by atoms with E-state index in [4.69, 9.17) is 15.7 Å². The molecule has 9 nitrogen and oxygen atoms in total. The van der Waals surface area contributed by atoms with Gasteiger partial charge in [-0.25, -0.2) is 0 Å². The van der Waals surface area contributed by atoms with Gasteiger partial charge in [-0.15, -0.1) is 0 Å². The molecule has 9 heteroatoms. The molecular weight excluding hydrogens is 450 g/mol. The first-order valence-electron chi connectivity index (χ1n) is 14.3. The summed E-state index contributed by atoms with van der Waals surface area (Å²) in [5.41, 5.74) is 6.62. The van der Waals surface area contributed by atoms with E-state index in [0.717, 1.165) is 90.3 Å². The van der Waals surface area contributed by atoms with Gasteiger partial charge in [-0.3, -0.25) is 14.7 Å². The summed E-state index contributed by atoms with van der Waals surface area (Å²) in [6.45, 7) is 27.7. The molecule has 1 unspecified atom stereocenters. The van der Waals surface area contributed by atoms with Gasteiger partial charge in [0.1, 0.15) is 5.82 Å². The van der Waals surface area contributed by atoms with Gasteiger partial charge in [0.2, 0.25) is 5.96 Å². The van der Waals surface area contributed by atoms with E-state index < -0.39 is 0 Å². The smallest absolute Gasteiger partial charge is 0.230 e. The monoisotopic (exact) mass is 503 g/mol. The van der Waals surface area contributed by atoms with Crippen LogP contribution in [0.3, 0.4) is 0 Å². The number of rotatable bonds is 6. The summed E-state index contributed by atoms with van der Waals surface area (Å²) in [4.78, 5) is 24.7. The van der Waals surface area contributed by atoms with Crippen LogP contribution in [0.2, 0.25) is 0 Å². The molecule has 0 aromatic rings. The number of nitrogens with zero attached hydrogens (tertiary/aromatic N) is 8. The number of guanidine groups is 2. The van der Waals surface area contributed by atoms with Crippen molar-refractivity contribution in [3.63, 3.8) is 0 Å². The van der Waals surface area contributed by atoms with Crippen LogP contribution in [0.1, 0.15) is 54.9 Å². The molecule has 3 fully saturated rings. The lowest BCUT2D eigenvalue weighted by atomic mass is 10.2. The molecule has 206 valence electrons. The van der Waals surface area contributed by atoms with Gasteiger partial charge in [-0.2, -0.15) is 9.98 Å². The van der Waals surface area contributed by atoms with E-state index in [1.54, 1.807) is 0 Å². The Hall–Kier alpha value is -1.84. The molecule has 0 amide bonds. The molecular formula is C27H53N9. The lowest BCUT2D eigenvalue weighted by molar-refractivity contribution is 0.127. The van der Waals surface area contributed by atoms with Gasteiger partial charge in [-0.1, -0.05) is 6.92 Å². The largest absolute Gasteiger partial charge is 0.369 e. The van der Waals surface area contributed by atoms with Crippen molar-refractivity contribution < 1.29 is 0 Å². The molecule has 0 aromatic heterocycles. The van der Waals surface area contributed by atoms with Crippen molar-refractivity contribution in [2.45, 2.75) is 73.0 Å². The van der Waals surface area contributed by atoms with Gasteiger partial charge < -0.3 is 20.4 Å². The maximum atomic E-state index is 6.62. The molecule has 0 saturated carbocycles. The Balaban J connectivity index is 1.77. The fourth-order valence-electron chi connectivity index (χ4n) is 5.32. The minimum Gasteiger partial charge on any atom is -0.369 e. The highest BCUT2D eigenvalue weighted by molar-refractivity contribution is 5.94. The zero-order valence-electron chi connectivity index (χ0n) is 24.2. The minimum absolute atomic E-state index is 0.567. The third-order valence-electron chi connectivity index (χ3n) is 8.24. The number of nitrogens with two attached hydrogens (primary N) is 1. The van der Waals surface area contributed by atoms with Gasteiger partial charge >= 0.3 is 0 Å². The van der Waals surface area contributed by atoms with Crippen LogP contribution in [0.25, 0.3) is 0 Å². The van der Waals surface area contributed by atoms with Crippen molar-refractivity contribution in [3.8, 4) is 0 Å². The molecule has 0 bridgehead atoms. The van der Waals surface area contributed by atoms with Crippen LogP contribution in [0, 0.1) is 0 Å². The zero-order valence-corrected chi connectivity index (χ0v) is 24.2. The van der Waals surface area contributed by atoms with Crippen LogP contribution in [-0.2, 0) is 0 Å². The van der Waals surface area contributed by atoms with Crippen LogP contribution in [0.5, 0.6) is 0 Å². The Labute approximate surface area is 220 Å². The van der Waals surface area contributed by atoms with Gasteiger partial charge in [0.15, 0.2) is 5.96 Å². The van der Waals surface area contributed by atoms with Gasteiger partial charge in [0, 0.05) is 96.7 Å². The summed E-state index contributed by atoms with van der Waals surface area (Å²) in [6, 6.07) is 1.77. The number of hydrogen-bond acceptors (Lipinski definition) is 5. The molecule has 36 heavy (non-hydrogen) atoms. The maximum absolute atomic E-state index is 6.62. The van der Waals surface area contributed by atoms with Crippen LogP contribution < -0.4 is 5.73 Å². The van der Waals surface area contributed by atoms with E-state index in [1.165, 1.54) is 6.42 Å². The van der Waals surface area contributed by atoms with Crippen LogP contribution >= 0.6 is 0 Å². The van der Waals surface area contributed by atoms with Gasteiger partial charge in [0.05, 0.1) is 0 Å². The molecule has 3 heterocycles. The lowest BCUT2D eigenvalue weighted by Crippen LogP contribution is -2.54. The van der Waals surface area contributed by atoms with Crippen molar-refractivity contribution in [1.29, 1.82) is 0 Å². The first-order valence-corrected chi connectivity index (χ1v) is 14.3. The summed E-state index contributed by atoms with van der Waals surface area (Å²) in [7, 11) is 0. The second-order valence-electron chi connectivity index (χ2n) is 11.0. The second-order valence-corrected chi connectivity index (χ2v) is 11.0. The van der Waals surface area contributed by atoms with Crippen molar-refractivity contribution in [1.82, 2.24) is 29.4 Å². The Bertz CT molecular complexity index is 751. The summed E-state index contributed by atoms with van der Waals surface area (Å²) >= 11 is 0. The Morgan fingerprint density at radius 1 is 0.667 bits per heavy atom. The molecule has 0 spiro atoms. The molecule has 3 saturated heterocycles. The summed E-state index contributed by atoms with van der Waals surface area (Å²) in [6.07, 6.45) is 3.31. The predicted octanol–water partition coefficient (Wildman–Crippen LogP) is 1.99. The van der Waals surface area contributed by atoms with Gasteiger partial charge in [-0.05, 0) is 54.0 Å². The van der Waals surface area contributed by atoms with E-state index in [-0.39, 0.29) is 0 Å². The van der Waals surface area contributed by atoms with Crippen molar-refractivity contribution in [3.05, 3.63) is 11.9 Å². The molecule has 3 aliphatic rings. The topological polar surface area (TPSA) is 70.2 Å². The highest BCUT2D eigenvalue weighted by Crippen LogP contribution is 2.16. The van der Waals surface area contributed by atoms with E-state index in [2.05, 4.69) is 83.9 Å². The van der Waals surface area contributed by atoms with Crippen LogP contribution in [0.4, 0.5) is 0 Å². The van der Waals surface area contributed by atoms with E-state index >= 15 is 0 Å². The third kappa shape index (κ3) is 7.59. The van der Waals surface area contributed by atoms with E-state index in [9.17, 15) is 0 Å². The summed E-state index contributed by atoms with van der Waals surface area (Å²) in [5, 5.41) is 0. The first-order chi connectivity index (χ1) is 17.2. The Kier molecular flexibility index (Phi) is 10.9. The molecule has 3 aliphatic heterocycles. The zero-order chi connectivity index (χ0) is 26.2. The molecule has 0 aromatic carbocycles. The molecule has 1 atom stereocenters.